The van der Waals surface area contributed by atoms with E-state index < -0.39 is 17.9 Å². The monoisotopic (exact) mass is 292 g/mol. The van der Waals surface area contributed by atoms with Gasteiger partial charge in [0.15, 0.2) is 0 Å². The predicted octanol–water partition coefficient (Wildman–Crippen LogP) is 1.37. The number of hydrogen-bond donors (Lipinski definition) is 1. The number of ether oxygens (including phenoxy) is 1. The van der Waals surface area contributed by atoms with Crippen molar-refractivity contribution in [2.24, 2.45) is 5.92 Å². The number of hydrogen-bond acceptors (Lipinski definition) is 4. The molecule has 0 aliphatic carbocycles. The molecular formula is C16H22NO4-. The van der Waals surface area contributed by atoms with E-state index in [-0.39, 0.29) is 12.0 Å². The molecule has 1 aromatic rings. The van der Waals surface area contributed by atoms with Crippen LogP contribution in [-0.2, 0) is 4.79 Å². The van der Waals surface area contributed by atoms with Gasteiger partial charge >= 0.3 is 0 Å². The van der Waals surface area contributed by atoms with Crippen molar-refractivity contribution in [1.29, 1.82) is 0 Å². The fourth-order valence-electron chi connectivity index (χ4n) is 1.88. The summed E-state index contributed by atoms with van der Waals surface area (Å²) in [7, 11) is 0. The van der Waals surface area contributed by atoms with Crippen LogP contribution in [0.1, 0.15) is 44.5 Å². The SMILES string of the molecule is CC(C)C[C@@H](NC(=O)c1ccc(OC(C)C)cc1)C(=O)[O-]. The normalized spacial score (nSPS) is 12.3. The first-order chi connectivity index (χ1) is 9.79. The third-order valence-electron chi connectivity index (χ3n) is 2.79. The van der Waals surface area contributed by atoms with Crippen LogP contribution in [0.4, 0.5) is 0 Å². The number of carboxylic acid groups (broad SMARTS) is 1. The smallest absolute Gasteiger partial charge is 0.251 e. The summed E-state index contributed by atoms with van der Waals surface area (Å²) in [6, 6.07) is 5.60. The molecule has 1 atom stereocenters. The number of carbonyl (C=O) groups excluding carboxylic acids is 2. The van der Waals surface area contributed by atoms with E-state index in [2.05, 4.69) is 5.32 Å². The summed E-state index contributed by atoms with van der Waals surface area (Å²) >= 11 is 0. The summed E-state index contributed by atoms with van der Waals surface area (Å²) in [4.78, 5) is 23.1. The third-order valence-corrected chi connectivity index (χ3v) is 2.79. The highest BCUT2D eigenvalue weighted by atomic mass is 16.5. The molecule has 0 unspecified atom stereocenters. The van der Waals surface area contributed by atoms with Gasteiger partial charge in [-0.15, -0.1) is 0 Å². The van der Waals surface area contributed by atoms with Crippen molar-refractivity contribution in [3.63, 3.8) is 0 Å². The van der Waals surface area contributed by atoms with E-state index in [1.165, 1.54) is 0 Å². The molecule has 0 aliphatic heterocycles. The largest absolute Gasteiger partial charge is 0.548 e. The molecule has 0 radical (unpaired) electrons. The molecular weight excluding hydrogens is 270 g/mol. The summed E-state index contributed by atoms with van der Waals surface area (Å²) < 4.78 is 5.49. The van der Waals surface area contributed by atoms with E-state index in [9.17, 15) is 14.7 Å². The zero-order chi connectivity index (χ0) is 16.0. The minimum Gasteiger partial charge on any atom is -0.548 e. The van der Waals surface area contributed by atoms with Crippen LogP contribution >= 0.6 is 0 Å². The molecule has 0 saturated heterocycles. The number of benzene rings is 1. The molecule has 0 aliphatic rings. The Morgan fingerprint density at radius 1 is 1.14 bits per heavy atom. The van der Waals surface area contributed by atoms with Gasteiger partial charge in [-0.05, 0) is 50.5 Å². The number of amides is 1. The Labute approximate surface area is 125 Å². The molecule has 0 spiro atoms. The molecule has 116 valence electrons. The number of rotatable bonds is 7. The molecule has 0 heterocycles. The highest BCUT2D eigenvalue weighted by Gasteiger charge is 2.16. The Hall–Kier alpha value is -2.04. The predicted molar refractivity (Wildman–Crippen MR) is 77.9 cm³/mol. The number of carboxylic acids is 1. The van der Waals surface area contributed by atoms with Crippen LogP contribution in [0.2, 0.25) is 0 Å². The molecule has 1 N–H and O–H groups in total. The first-order valence-electron chi connectivity index (χ1n) is 7.08. The summed E-state index contributed by atoms with van der Waals surface area (Å²) in [5.41, 5.74) is 0.390. The van der Waals surface area contributed by atoms with Gasteiger partial charge in [0.1, 0.15) is 5.75 Å². The Kier molecular flexibility index (Phi) is 6.21. The van der Waals surface area contributed by atoms with Crippen LogP contribution in [0, 0.1) is 5.92 Å². The molecule has 1 rings (SSSR count). The molecule has 0 aromatic heterocycles. The second-order valence-corrected chi connectivity index (χ2v) is 5.67. The van der Waals surface area contributed by atoms with Crippen molar-refractivity contribution in [3.05, 3.63) is 29.8 Å². The van der Waals surface area contributed by atoms with Crippen LogP contribution < -0.4 is 15.2 Å². The summed E-state index contributed by atoms with van der Waals surface area (Å²) in [6.45, 7) is 7.61. The molecule has 0 saturated carbocycles. The minimum absolute atomic E-state index is 0.0539. The Morgan fingerprint density at radius 3 is 2.14 bits per heavy atom. The van der Waals surface area contributed by atoms with Crippen molar-refractivity contribution in [3.8, 4) is 5.75 Å². The van der Waals surface area contributed by atoms with Crippen molar-refractivity contribution in [2.75, 3.05) is 0 Å². The zero-order valence-corrected chi connectivity index (χ0v) is 12.9. The second-order valence-electron chi connectivity index (χ2n) is 5.67. The first-order valence-corrected chi connectivity index (χ1v) is 7.08. The van der Waals surface area contributed by atoms with Crippen LogP contribution in [0.3, 0.4) is 0 Å². The standard InChI is InChI=1S/C16H23NO4/c1-10(2)9-14(16(19)20)17-15(18)12-5-7-13(8-6-12)21-11(3)4/h5-8,10-11,14H,9H2,1-4H3,(H,17,18)(H,19,20)/p-1/t14-/m1/s1. The number of aliphatic carboxylic acids is 1. The Balaban J connectivity index is 2.71. The topological polar surface area (TPSA) is 78.5 Å². The molecule has 1 amide bonds. The van der Waals surface area contributed by atoms with E-state index in [1.807, 2.05) is 27.7 Å². The maximum atomic E-state index is 12.0. The van der Waals surface area contributed by atoms with Gasteiger partial charge in [0.05, 0.1) is 18.1 Å². The molecule has 1 aromatic carbocycles. The molecule has 0 fully saturated rings. The van der Waals surface area contributed by atoms with E-state index in [1.54, 1.807) is 24.3 Å². The van der Waals surface area contributed by atoms with Crippen molar-refractivity contribution < 1.29 is 19.4 Å². The van der Waals surface area contributed by atoms with Gasteiger partial charge in [0.2, 0.25) is 0 Å². The average molecular weight is 292 g/mol. The van der Waals surface area contributed by atoms with Gasteiger partial charge in [0, 0.05) is 5.56 Å². The van der Waals surface area contributed by atoms with Gasteiger partial charge in [-0.2, -0.15) is 0 Å². The van der Waals surface area contributed by atoms with Crippen molar-refractivity contribution >= 4 is 11.9 Å². The molecule has 5 heteroatoms. The summed E-state index contributed by atoms with van der Waals surface area (Å²) in [5.74, 6) is -0.882. The van der Waals surface area contributed by atoms with Gasteiger partial charge in [-0.25, -0.2) is 0 Å². The lowest BCUT2D eigenvalue weighted by Crippen LogP contribution is -2.48. The van der Waals surface area contributed by atoms with Crippen LogP contribution in [0.15, 0.2) is 24.3 Å². The second kappa shape index (κ2) is 7.67. The lowest BCUT2D eigenvalue weighted by molar-refractivity contribution is -0.308. The van der Waals surface area contributed by atoms with Gasteiger partial charge in [-0.1, -0.05) is 13.8 Å². The third kappa shape index (κ3) is 5.85. The molecule has 21 heavy (non-hydrogen) atoms. The highest BCUT2D eigenvalue weighted by Crippen LogP contribution is 2.14. The number of carbonyl (C=O) groups is 2. The van der Waals surface area contributed by atoms with Crippen LogP contribution in [0.5, 0.6) is 5.75 Å². The van der Waals surface area contributed by atoms with Crippen LogP contribution in [-0.4, -0.2) is 24.0 Å². The molecule has 5 nitrogen and oxygen atoms in total. The Bertz CT molecular complexity index is 480. The van der Waals surface area contributed by atoms with E-state index in [0.717, 1.165) is 0 Å². The van der Waals surface area contributed by atoms with E-state index in [0.29, 0.717) is 17.7 Å². The van der Waals surface area contributed by atoms with E-state index in [4.69, 9.17) is 4.74 Å². The lowest BCUT2D eigenvalue weighted by Gasteiger charge is -2.21. The van der Waals surface area contributed by atoms with Gasteiger partial charge in [0.25, 0.3) is 5.91 Å². The Morgan fingerprint density at radius 2 is 1.71 bits per heavy atom. The van der Waals surface area contributed by atoms with Crippen molar-refractivity contribution in [1.82, 2.24) is 5.32 Å². The maximum Gasteiger partial charge on any atom is 0.251 e. The first kappa shape index (κ1) is 17.0. The number of nitrogens with one attached hydrogen (secondary N) is 1. The minimum atomic E-state index is -1.27. The fraction of sp³-hybridized carbons (Fsp3) is 0.500. The fourth-order valence-corrected chi connectivity index (χ4v) is 1.88. The summed E-state index contributed by atoms with van der Waals surface area (Å²) in [6.07, 6.45) is 0.390. The van der Waals surface area contributed by atoms with E-state index >= 15 is 0 Å². The lowest BCUT2D eigenvalue weighted by atomic mass is 10.0. The van der Waals surface area contributed by atoms with Crippen molar-refractivity contribution in [2.45, 2.75) is 46.3 Å². The van der Waals surface area contributed by atoms with Gasteiger partial charge in [-0.3, -0.25) is 4.79 Å². The van der Waals surface area contributed by atoms with Gasteiger partial charge < -0.3 is 20.0 Å². The quantitative estimate of drug-likeness (QED) is 0.823. The highest BCUT2D eigenvalue weighted by molar-refractivity contribution is 5.96. The summed E-state index contributed by atoms with van der Waals surface area (Å²) in [5, 5.41) is 13.5. The maximum absolute atomic E-state index is 12.0. The zero-order valence-electron chi connectivity index (χ0n) is 12.9. The molecule has 0 bridgehead atoms. The van der Waals surface area contributed by atoms with Crippen LogP contribution in [0.25, 0.3) is 0 Å². The average Bonchev–Trinajstić information content (AvgIpc) is 2.37.